The second-order valence-corrected chi connectivity index (χ2v) is 4.01. The van der Waals surface area contributed by atoms with Crippen molar-refractivity contribution in [2.75, 3.05) is 0 Å². The highest BCUT2D eigenvalue weighted by molar-refractivity contribution is 6.33. The maximum Gasteiger partial charge on any atom is 0.0484 e. The summed E-state index contributed by atoms with van der Waals surface area (Å²) in [4.78, 5) is 0. The highest BCUT2D eigenvalue weighted by Gasteiger charge is 2.01. The summed E-state index contributed by atoms with van der Waals surface area (Å²) in [5.41, 5.74) is 3.43. The standard InChI is InChI=1S/C15H13Cl/c1-2-6-12-7-5-8-13(11-12)14-9-3-4-10-15(14)16/h2-11H,1H3. The summed E-state index contributed by atoms with van der Waals surface area (Å²) in [5.74, 6) is 0. The molecule has 2 aromatic rings. The predicted octanol–water partition coefficient (Wildman–Crippen LogP) is 5.04. The van der Waals surface area contributed by atoms with Crippen LogP contribution < -0.4 is 0 Å². The second kappa shape index (κ2) is 5.00. The number of hydrogen-bond acceptors (Lipinski definition) is 0. The van der Waals surface area contributed by atoms with Crippen LogP contribution in [0.2, 0.25) is 5.02 Å². The summed E-state index contributed by atoms with van der Waals surface area (Å²) in [6.45, 7) is 2.02. The molecule has 16 heavy (non-hydrogen) atoms. The maximum atomic E-state index is 6.17. The normalized spacial score (nSPS) is 10.9. The van der Waals surface area contributed by atoms with Crippen LogP contribution in [0.3, 0.4) is 0 Å². The van der Waals surface area contributed by atoms with Gasteiger partial charge in [0.25, 0.3) is 0 Å². The van der Waals surface area contributed by atoms with Gasteiger partial charge in [0.2, 0.25) is 0 Å². The highest BCUT2D eigenvalue weighted by atomic mass is 35.5. The Balaban J connectivity index is 2.48. The van der Waals surface area contributed by atoms with Crippen LogP contribution in [0.5, 0.6) is 0 Å². The van der Waals surface area contributed by atoms with Crippen LogP contribution in [0.1, 0.15) is 12.5 Å². The minimum Gasteiger partial charge on any atom is -0.0871 e. The fourth-order valence-electron chi connectivity index (χ4n) is 1.70. The van der Waals surface area contributed by atoms with Gasteiger partial charge in [-0.1, -0.05) is 60.2 Å². The van der Waals surface area contributed by atoms with Gasteiger partial charge in [-0.25, -0.2) is 0 Å². The van der Waals surface area contributed by atoms with Crippen molar-refractivity contribution < 1.29 is 0 Å². The van der Waals surface area contributed by atoms with E-state index in [1.807, 2.05) is 43.3 Å². The molecule has 0 radical (unpaired) electrons. The molecule has 0 atom stereocenters. The molecule has 80 valence electrons. The van der Waals surface area contributed by atoms with Gasteiger partial charge in [0.1, 0.15) is 0 Å². The lowest BCUT2D eigenvalue weighted by atomic mass is 10.0. The highest BCUT2D eigenvalue weighted by Crippen LogP contribution is 2.28. The topological polar surface area (TPSA) is 0 Å². The Bertz CT molecular complexity index is 512. The molecular formula is C15H13Cl. The van der Waals surface area contributed by atoms with Crippen LogP contribution in [0.4, 0.5) is 0 Å². The summed E-state index contributed by atoms with van der Waals surface area (Å²) in [5, 5.41) is 0.792. The molecule has 0 N–H and O–H groups in total. The summed E-state index contributed by atoms with van der Waals surface area (Å²) in [6, 6.07) is 16.3. The Morgan fingerprint density at radius 3 is 2.56 bits per heavy atom. The van der Waals surface area contributed by atoms with Crippen LogP contribution in [0, 0.1) is 0 Å². The molecule has 0 saturated carbocycles. The van der Waals surface area contributed by atoms with Crippen LogP contribution >= 0.6 is 11.6 Å². The fraction of sp³-hybridized carbons (Fsp3) is 0.0667. The Labute approximate surface area is 101 Å². The van der Waals surface area contributed by atoms with Gasteiger partial charge >= 0.3 is 0 Å². The van der Waals surface area contributed by atoms with E-state index >= 15 is 0 Å². The van der Waals surface area contributed by atoms with Gasteiger partial charge in [0.05, 0.1) is 0 Å². The molecule has 0 nitrogen and oxygen atoms in total. The SMILES string of the molecule is CC=Cc1cccc(-c2ccccc2Cl)c1. The van der Waals surface area contributed by atoms with E-state index in [4.69, 9.17) is 11.6 Å². The van der Waals surface area contributed by atoms with Crippen molar-refractivity contribution in [1.29, 1.82) is 0 Å². The van der Waals surface area contributed by atoms with Crippen molar-refractivity contribution >= 4 is 17.7 Å². The number of hydrogen-bond donors (Lipinski definition) is 0. The van der Waals surface area contributed by atoms with Crippen LogP contribution in [0.15, 0.2) is 54.6 Å². The lowest BCUT2D eigenvalue weighted by Gasteiger charge is -2.05. The Hall–Kier alpha value is -1.53. The first-order chi connectivity index (χ1) is 7.81. The molecule has 2 aromatic carbocycles. The quantitative estimate of drug-likeness (QED) is 0.676. The summed E-state index contributed by atoms with van der Waals surface area (Å²) >= 11 is 6.17. The summed E-state index contributed by atoms with van der Waals surface area (Å²) in [7, 11) is 0. The minimum absolute atomic E-state index is 0.792. The lowest BCUT2D eigenvalue weighted by Crippen LogP contribution is -1.80. The molecule has 0 spiro atoms. The van der Waals surface area contributed by atoms with Crippen molar-refractivity contribution in [1.82, 2.24) is 0 Å². The van der Waals surface area contributed by atoms with Gasteiger partial charge in [-0.3, -0.25) is 0 Å². The van der Waals surface area contributed by atoms with Gasteiger partial charge < -0.3 is 0 Å². The second-order valence-electron chi connectivity index (χ2n) is 3.61. The number of rotatable bonds is 2. The monoisotopic (exact) mass is 228 g/mol. The van der Waals surface area contributed by atoms with Crippen LogP contribution in [-0.4, -0.2) is 0 Å². The molecule has 0 saturated heterocycles. The van der Waals surface area contributed by atoms with Crippen molar-refractivity contribution in [2.45, 2.75) is 6.92 Å². The number of halogens is 1. The fourth-order valence-corrected chi connectivity index (χ4v) is 1.94. The molecule has 2 rings (SSSR count). The number of benzene rings is 2. The third-order valence-electron chi connectivity index (χ3n) is 2.43. The summed E-state index contributed by atoms with van der Waals surface area (Å²) in [6.07, 6.45) is 4.12. The van der Waals surface area contributed by atoms with E-state index in [1.165, 1.54) is 5.56 Å². The lowest BCUT2D eigenvalue weighted by molar-refractivity contribution is 1.59. The van der Waals surface area contributed by atoms with Gasteiger partial charge in [-0.2, -0.15) is 0 Å². The maximum absolute atomic E-state index is 6.17. The Morgan fingerprint density at radius 1 is 1.00 bits per heavy atom. The largest absolute Gasteiger partial charge is 0.0871 e. The van der Waals surface area contributed by atoms with Crippen molar-refractivity contribution in [3.63, 3.8) is 0 Å². The zero-order chi connectivity index (χ0) is 11.4. The molecule has 0 aliphatic rings. The van der Waals surface area contributed by atoms with Crippen LogP contribution in [-0.2, 0) is 0 Å². The third kappa shape index (κ3) is 2.34. The van der Waals surface area contributed by atoms with E-state index in [9.17, 15) is 0 Å². The van der Waals surface area contributed by atoms with E-state index < -0.39 is 0 Å². The first-order valence-electron chi connectivity index (χ1n) is 5.29. The van der Waals surface area contributed by atoms with Gasteiger partial charge in [0.15, 0.2) is 0 Å². The van der Waals surface area contributed by atoms with E-state index in [0.29, 0.717) is 0 Å². The zero-order valence-electron chi connectivity index (χ0n) is 9.15. The minimum atomic E-state index is 0.792. The smallest absolute Gasteiger partial charge is 0.0484 e. The van der Waals surface area contributed by atoms with Crippen molar-refractivity contribution in [3.8, 4) is 11.1 Å². The molecule has 0 aromatic heterocycles. The van der Waals surface area contributed by atoms with Crippen molar-refractivity contribution in [2.24, 2.45) is 0 Å². The van der Waals surface area contributed by atoms with E-state index in [0.717, 1.165) is 16.1 Å². The van der Waals surface area contributed by atoms with Crippen molar-refractivity contribution in [3.05, 3.63) is 65.2 Å². The van der Waals surface area contributed by atoms with Crippen LogP contribution in [0.25, 0.3) is 17.2 Å². The molecule has 0 aliphatic heterocycles. The molecular weight excluding hydrogens is 216 g/mol. The summed E-state index contributed by atoms with van der Waals surface area (Å²) < 4.78 is 0. The zero-order valence-corrected chi connectivity index (χ0v) is 9.91. The first kappa shape index (κ1) is 11.0. The van der Waals surface area contributed by atoms with Gasteiger partial charge in [-0.05, 0) is 30.2 Å². The van der Waals surface area contributed by atoms with E-state index in [2.05, 4.69) is 24.3 Å². The number of allylic oxidation sites excluding steroid dienone is 1. The molecule has 0 bridgehead atoms. The van der Waals surface area contributed by atoms with E-state index in [-0.39, 0.29) is 0 Å². The first-order valence-corrected chi connectivity index (χ1v) is 5.67. The predicted molar refractivity (Wildman–Crippen MR) is 71.6 cm³/mol. The van der Waals surface area contributed by atoms with E-state index in [1.54, 1.807) is 0 Å². The average molecular weight is 229 g/mol. The molecule has 0 amide bonds. The van der Waals surface area contributed by atoms with Gasteiger partial charge in [0, 0.05) is 10.6 Å². The molecule has 0 fully saturated rings. The average Bonchev–Trinajstić information content (AvgIpc) is 2.30. The van der Waals surface area contributed by atoms with Gasteiger partial charge in [-0.15, -0.1) is 0 Å². The Morgan fingerprint density at radius 2 is 1.81 bits per heavy atom. The molecule has 0 unspecified atom stereocenters. The molecule has 0 heterocycles. The Kier molecular flexibility index (Phi) is 3.43. The third-order valence-corrected chi connectivity index (χ3v) is 2.76. The molecule has 0 aliphatic carbocycles. The molecule has 1 heteroatoms.